The average molecular weight is 482 g/mol. The Morgan fingerprint density at radius 3 is 1.94 bits per heavy atom. The molecule has 0 aromatic rings. The topological polar surface area (TPSA) is 99.1 Å². The van der Waals surface area contributed by atoms with Crippen LogP contribution in [0.15, 0.2) is 0 Å². The van der Waals surface area contributed by atoms with Crippen LogP contribution in [0.4, 0.5) is 26.3 Å². The first-order chi connectivity index (χ1) is 14.0. The van der Waals surface area contributed by atoms with E-state index >= 15 is 0 Å². The summed E-state index contributed by atoms with van der Waals surface area (Å²) in [6.07, 6.45) is 1.51. The third-order valence-corrected chi connectivity index (χ3v) is 7.83. The second kappa shape index (κ2) is 6.70. The second-order valence-corrected chi connectivity index (χ2v) is 10.6. The Hall–Kier alpha value is -1.12. The molecule has 4 aliphatic carbocycles. The molecule has 5 rings (SSSR count). The van der Waals surface area contributed by atoms with Gasteiger partial charge in [-0.2, -0.15) is 34.8 Å². The molecule has 5 aliphatic rings. The molecule has 0 amide bonds. The summed E-state index contributed by atoms with van der Waals surface area (Å²) in [4.78, 5) is 11.6. The Morgan fingerprint density at radius 1 is 1.00 bits per heavy atom. The zero-order chi connectivity index (χ0) is 23.1. The molecule has 14 heteroatoms. The quantitative estimate of drug-likeness (QED) is 0.374. The van der Waals surface area contributed by atoms with Gasteiger partial charge < -0.3 is 14.2 Å². The minimum Gasteiger partial charge on any atom is -0.460 e. The van der Waals surface area contributed by atoms with E-state index in [1.165, 1.54) is 0 Å². The van der Waals surface area contributed by atoms with Crippen LogP contribution in [0.3, 0.4) is 0 Å². The molecule has 0 radical (unpaired) electrons. The van der Waals surface area contributed by atoms with E-state index in [2.05, 4.69) is 4.74 Å². The fourth-order valence-corrected chi connectivity index (χ4v) is 6.07. The standard InChI is InChI=1S/C17H20F6O7S/c18-14(19)7-29-16(30-8-15(14,20)21)10-1-9-2-11(16)5-13(3-9,4-10)6-28-12(24)17(22,23)31(25,26)27/h9-11H,1-8H2,(H,25,26,27). The van der Waals surface area contributed by atoms with Crippen LogP contribution >= 0.6 is 0 Å². The van der Waals surface area contributed by atoms with Crippen molar-refractivity contribution < 1.29 is 58.3 Å². The maximum Gasteiger partial charge on any atom is 0.465 e. The van der Waals surface area contributed by atoms with Gasteiger partial charge in [-0.05, 0) is 38.0 Å². The van der Waals surface area contributed by atoms with E-state index in [0.717, 1.165) is 0 Å². The summed E-state index contributed by atoms with van der Waals surface area (Å²) < 4.78 is 127. The maximum atomic E-state index is 13.8. The van der Waals surface area contributed by atoms with Crippen molar-refractivity contribution in [3.05, 3.63) is 0 Å². The Morgan fingerprint density at radius 2 is 1.48 bits per heavy atom. The summed E-state index contributed by atoms with van der Waals surface area (Å²) >= 11 is 0. The summed E-state index contributed by atoms with van der Waals surface area (Å²) in [6.45, 7) is -3.65. The molecule has 0 aromatic carbocycles. The molecule has 178 valence electrons. The summed E-state index contributed by atoms with van der Waals surface area (Å²) in [6, 6.07) is 0. The molecular weight excluding hydrogens is 462 g/mol. The number of carbonyl (C=O) groups is 1. The van der Waals surface area contributed by atoms with Crippen LogP contribution in [-0.2, 0) is 29.1 Å². The maximum absolute atomic E-state index is 13.8. The van der Waals surface area contributed by atoms with Gasteiger partial charge in [0.05, 0.1) is 6.61 Å². The normalized spacial score (nSPS) is 38.1. The lowest BCUT2D eigenvalue weighted by atomic mass is 9.47. The van der Waals surface area contributed by atoms with E-state index in [4.69, 9.17) is 14.0 Å². The van der Waals surface area contributed by atoms with Crippen LogP contribution in [0.2, 0.25) is 0 Å². The van der Waals surface area contributed by atoms with Crippen molar-refractivity contribution in [3.63, 3.8) is 0 Å². The van der Waals surface area contributed by atoms with E-state index in [9.17, 15) is 39.6 Å². The zero-order valence-electron chi connectivity index (χ0n) is 16.0. The fraction of sp³-hybridized carbons (Fsp3) is 0.941. The SMILES string of the molecule is O=C(OCC12CC3CC(C1)C1(OCC(F)(F)C(F)(F)CO1)C(C3)C2)C(F)(F)S(=O)(=O)O. The lowest BCUT2D eigenvalue weighted by molar-refractivity contribution is -0.350. The first-order valence-electron chi connectivity index (χ1n) is 9.59. The van der Waals surface area contributed by atoms with E-state index in [0.29, 0.717) is 19.3 Å². The molecule has 2 unspecified atom stereocenters. The number of esters is 1. The number of carbonyl (C=O) groups excluding carboxylic acids is 1. The lowest BCUT2D eigenvalue weighted by Crippen LogP contribution is -2.64. The number of hydrogen-bond acceptors (Lipinski definition) is 6. The lowest BCUT2D eigenvalue weighted by Gasteiger charge is -2.63. The highest BCUT2D eigenvalue weighted by atomic mass is 32.2. The van der Waals surface area contributed by atoms with Crippen molar-refractivity contribution in [1.82, 2.24) is 0 Å². The van der Waals surface area contributed by atoms with Crippen LogP contribution in [0.5, 0.6) is 0 Å². The largest absolute Gasteiger partial charge is 0.465 e. The van der Waals surface area contributed by atoms with Crippen molar-refractivity contribution in [2.75, 3.05) is 19.8 Å². The number of hydrogen-bond donors (Lipinski definition) is 1. The molecule has 1 N–H and O–H groups in total. The summed E-state index contributed by atoms with van der Waals surface area (Å²) in [5, 5.41) is -5.14. The van der Waals surface area contributed by atoms with Gasteiger partial charge in [-0.15, -0.1) is 0 Å². The Balaban J connectivity index is 1.52. The molecule has 4 bridgehead atoms. The summed E-state index contributed by atoms with van der Waals surface area (Å²) in [5.74, 6) is -14.2. The van der Waals surface area contributed by atoms with Crippen molar-refractivity contribution >= 4 is 16.1 Å². The predicted molar refractivity (Wildman–Crippen MR) is 88.0 cm³/mol. The van der Waals surface area contributed by atoms with Gasteiger partial charge in [0.2, 0.25) is 0 Å². The van der Waals surface area contributed by atoms with Crippen LogP contribution in [0.25, 0.3) is 0 Å². The van der Waals surface area contributed by atoms with Crippen LogP contribution in [0, 0.1) is 23.2 Å². The molecule has 4 saturated carbocycles. The second-order valence-electron chi connectivity index (χ2n) is 9.12. The number of halogens is 6. The molecule has 0 aromatic heterocycles. The van der Waals surface area contributed by atoms with Crippen molar-refractivity contribution in [2.45, 2.75) is 55.0 Å². The highest BCUT2D eigenvalue weighted by molar-refractivity contribution is 7.87. The van der Waals surface area contributed by atoms with Gasteiger partial charge >= 0.3 is 33.2 Å². The third-order valence-electron chi connectivity index (χ3n) is 7.02. The highest BCUT2D eigenvalue weighted by Gasteiger charge is 2.69. The first-order valence-corrected chi connectivity index (χ1v) is 11.0. The van der Waals surface area contributed by atoms with E-state index < -0.39 is 76.0 Å². The zero-order valence-corrected chi connectivity index (χ0v) is 16.8. The van der Waals surface area contributed by atoms with E-state index in [-0.39, 0.29) is 18.8 Å². The van der Waals surface area contributed by atoms with Crippen LogP contribution in [0.1, 0.15) is 32.1 Å². The average Bonchev–Trinajstić information content (AvgIpc) is 2.72. The highest BCUT2D eigenvalue weighted by Crippen LogP contribution is 2.66. The van der Waals surface area contributed by atoms with Crippen molar-refractivity contribution in [3.8, 4) is 0 Å². The van der Waals surface area contributed by atoms with Crippen LogP contribution < -0.4 is 0 Å². The summed E-state index contributed by atoms with van der Waals surface area (Å²) in [7, 11) is -6.02. The molecule has 1 aliphatic heterocycles. The molecule has 7 nitrogen and oxygen atoms in total. The van der Waals surface area contributed by atoms with Gasteiger partial charge in [-0.25, -0.2) is 4.79 Å². The third kappa shape index (κ3) is 3.44. The monoisotopic (exact) mass is 482 g/mol. The minimum absolute atomic E-state index is 0.0135. The van der Waals surface area contributed by atoms with Gasteiger partial charge in [0.15, 0.2) is 5.79 Å². The molecule has 2 atom stereocenters. The van der Waals surface area contributed by atoms with Gasteiger partial charge in [0.25, 0.3) is 0 Å². The smallest absolute Gasteiger partial charge is 0.460 e. The Labute approximate surface area is 173 Å². The van der Waals surface area contributed by atoms with Crippen molar-refractivity contribution in [2.24, 2.45) is 23.2 Å². The molecular formula is C17H20F6O7S. The van der Waals surface area contributed by atoms with Crippen molar-refractivity contribution in [1.29, 1.82) is 0 Å². The summed E-state index contributed by atoms with van der Waals surface area (Å²) in [5.41, 5.74) is -0.878. The predicted octanol–water partition coefficient (Wildman–Crippen LogP) is 2.85. The Kier molecular flexibility index (Phi) is 4.98. The Bertz CT molecular complexity index is 840. The van der Waals surface area contributed by atoms with Gasteiger partial charge in [-0.1, -0.05) is 0 Å². The van der Waals surface area contributed by atoms with Crippen LogP contribution in [-0.4, -0.2) is 61.6 Å². The molecule has 1 heterocycles. The number of ether oxygens (including phenoxy) is 3. The van der Waals surface area contributed by atoms with E-state index in [1.54, 1.807) is 0 Å². The van der Waals surface area contributed by atoms with Gasteiger partial charge in [-0.3, -0.25) is 4.55 Å². The van der Waals surface area contributed by atoms with Gasteiger partial charge in [0.1, 0.15) is 13.2 Å². The van der Waals surface area contributed by atoms with Gasteiger partial charge in [0, 0.05) is 17.3 Å². The number of alkyl halides is 6. The first kappa shape index (κ1) is 23.1. The fourth-order valence-electron chi connectivity index (χ4n) is 5.80. The number of rotatable bonds is 4. The molecule has 1 saturated heterocycles. The molecule has 1 spiro atoms. The minimum atomic E-state index is -6.02. The molecule has 5 fully saturated rings. The van der Waals surface area contributed by atoms with E-state index in [1.807, 2.05) is 0 Å². The molecule has 31 heavy (non-hydrogen) atoms.